The van der Waals surface area contributed by atoms with Crippen LogP contribution in [0.5, 0.6) is 0 Å². The molecular weight excluding hydrogens is 178 g/mol. The molecular formula is C11H13NO2. The van der Waals surface area contributed by atoms with Crippen LogP contribution in [0.4, 0.5) is 5.69 Å². The van der Waals surface area contributed by atoms with Gasteiger partial charge in [-0.1, -0.05) is 18.2 Å². The van der Waals surface area contributed by atoms with E-state index < -0.39 is 0 Å². The zero-order valence-corrected chi connectivity index (χ0v) is 8.31. The Bertz CT molecular complexity index is 322. The first-order valence-electron chi connectivity index (χ1n) is 4.73. The van der Waals surface area contributed by atoms with Crippen LogP contribution >= 0.6 is 0 Å². The number of ether oxygens (including phenoxy) is 2. The molecule has 0 radical (unpaired) electrons. The van der Waals surface area contributed by atoms with E-state index in [-0.39, 0.29) is 12.2 Å². The van der Waals surface area contributed by atoms with E-state index in [1.165, 1.54) is 0 Å². The van der Waals surface area contributed by atoms with Crippen LogP contribution in [0.2, 0.25) is 0 Å². The molecule has 1 aromatic carbocycles. The van der Waals surface area contributed by atoms with Crippen LogP contribution < -0.4 is 0 Å². The summed E-state index contributed by atoms with van der Waals surface area (Å²) in [7, 11) is 0. The van der Waals surface area contributed by atoms with Crippen LogP contribution in [0, 0.1) is 0 Å². The number of nitrogens with zero attached hydrogens (tertiary/aromatic N) is 1. The Kier molecular flexibility index (Phi) is 2.39. The molecule has 14 heavy (non-hydrogen) atoms. The summed E-state index contributed by atoms with van der Waals surface area (Å²) in [5, 5.41) is 0. The SMILES string of the molecule is C[C@H]1OC(=Nc2ccccc2)O[C@@H]1C. The van der Waals surface area contributed by atoms with Crippen LogP contribution in [0.15, 0.2) is 35.3 Å². The van der Waals surface area contributed by atoms with Gasteiger partial charge in [-0.3, -0.25) is 0 Å². The van der Waals surface area contributed by atoms with Gasteiger partial charge in [0.15, 0.2) is 0 Å². The topological polar surface area (TPSA) is 30.8 Å². The fraction of sp³-hybridized carbons (Fsp3) is 0.364. The van der Waals surface area contributed by atoms with Crippen molar-refractivity contribution in [2.24, 2.45) is 4.99 Å². The molecule has 3 nitrogen and oxygen atoms in total. The number of rotatable bonds is 1. The van der Waals surface area contributed by atoms with Gasteiger partial charge in [-0.05, 0) is 26.0 Å². The molecule has 0 amide bonds. The Balaban J connectivity index is 2.14. The Hall–Kier alpha value is -1.51. The van der Waals surface area contributed by atoms with E-state index in [4.69, 9.17) is 9.47 Å². The van der Waals surface area contributed by atoms with Crippen molar-refractivity contribution in [1.29, 1.82) is 0 Å². The van der Waals surface area contributed by atoms with E-state index >= 15 is 0 Å². The zero-order chi connectivity index (χ0) is 9.97. The molecule has 2 atom stereocenters. The van der Waals surface area contributed by atoms with Crippen molar-refractivity contribution in [2.45, 2.75) is 26.1 Å². The predicted octanol–water partition coefficient (Wildman–Crippen LogP) is 2.50. The van der Waals surface area contributed by atoms with Gasteiger partial charge in [0.05, 0.1) is 5.69 Å². The van der Waals surface area contributed by atoms with Crippen molar-refractivity contribution in [3.05, 3.63) is 30.3 Å². The van der Waals surface area contributed by atoms with E-state index in [0.717, 1.165) is 5.69 Å². The van der Waals surface area contributed by atoms with Gasteiger partial charge in [0.2, 0.25) is 0 Å². The molecule has 0 spiro atoms. The van der Waals surface area contributed by atoms with Gasteiger partial charge in [-0.25, -0.2) is 0 Å². The van der Waals surface area contributed by atoms with Gasteiger partial charge in [0, 0.05) is 0 Å². The van der Waals surface area contributed by atoms with Gasteiger partial charge in [-0.15, -0.1) is 0 Å². The lowest BCUT2D eigenvalue weighted by molar-refractivity contribution is 0.187. The Morgan fingerprint density at radius 1 is 1.00 bits per heavy atom. The van der Waals surface area contributed by atoms with Crippen molar-refractivity contribution >= 4 is 11.8 Å². The minimum atomic E-state index is 0.0810. The molecule has 1 aliphatic rings. The average molecular weight is 191 g/mol. The van der Waals surface area contributed by atoms with E-state index in [0.29, 0.717) is 6.08 Å². The van der Waals surface area contributed by atoms with Crippen molar-refractivity contribution in [3.8, 4) is 0 Å². The highest BCUT2D eigenvalue weighted by molar-refractivity contribution is 5.72. The fourth-order valence-electron chi connectivity index (χ4n) is 1.20. The monoisotopic (exact) mass is 191 g/mol. The van der Waals surface area contributed by atoms with Gasteiger partial charge in [0.25, 0.3) is 0 Å². The first kappa shape index (κ1) is 9.06. The third-order valence-electron chi connectivity index (χ3n) is 2.21. The van der Waals surface area contributed by atoms with Crippen molar-refractivity contribution < 1.29 is 9.47 Å². The van der Waals surface area contributed by atoms with Crippen LogP contribution in [0.25, 0.3) is 0 Å². The molecule has 3 heteroatoms. The Labute approximate surface area is 83.4 Å². The summed E-state index contributed by atoms with van der Waals surface area (Å²) in [5.74, 6) is 0. The van der Waals surface area contributed by atoms with Gasteiger partial charge < -0.3 is 9.47 Å². The molecule has 1 fully saturated rings. The molecule has 0 N–H and O–H groups in total. The number of hydrogen-bond acceptors (Lipinski definition) is 3. The summed E-state index contributed by atoms with van der Waals surface area (Å²) >= 11 is 0. The quantitative estimate of drug-likeness (QED) is 0.682. The third kappa shape index (κ3) is 1.87. The lowest BCUT2D eigenvalue weighted by Crippen LogP contribution is -2.13. The summed E-state index contributed by atoms with van der Waals surface area (Å²) in [5.41, 5.74) is 0.851. The first-order valence-corrected chi connectivity index (χ1v) is 4.73. The minimum absolute atomic E-state index is 0.0810. The summed E-state index contributed by atoms with van der Waals surface area (Å²) in [6.45, 7) is 3.94. The largest absolute Gasteiger partial charge is 0.444 e. The highest BCUT2D eigenvalue weighted by atomic mass is 16.7. The standard InChI is InChI=1S/C11H13NO2/c1-8-9(2)14-11(13-8)12-10-6-4-3-5-7-10/h3-9H,1-2H3/t8-,9-/m1/s1. The molecule has 74 valence electrons. The average Bonchev–Trinajstić information content (AvgIpc) is 2.47. The molecule has 1 saturated heterocycles. The highest BCUT2D eigenvalue weighted by Gasteiger charge is 2.27. The molecule has 1 aromatic rings. The fourth-order valence-corrected chi connectivity index (χ4v) is 1.20. The molecule has 0 aliphatic carbocycles. The zero-order valence-electron chi connectivity index (χ0n) is 8.31. The smallest absolute Gasteiger partial charge is 0.389 e. The number of benzene rings is 1. The lowest BCUT2D eigenvalue weighted by Gasteiger charge is -2.01. The lowest BCUT2D eigenvalue weighted by atomic mass is 10.3. The summed E-state index contributed by atoms with van der Waals surface area (Å²) in [4.78, 5) is 4.23. The molecule has 0 bridgehead atoms. The van der Waals surface area contributed by atoms with Crippen molar-refractivity contribution in [1.82, 2.24) is 0 Å². The van der Waals surface area contributed by atoms with Crippen LogP contribution in [-0.4, -0.2) is 18.3 Å². The van der Waals surface area contributed by atoms with Gasteiger partial charge in [-0.2, -0.15) is 4.99 Å². The molecule has 1 aliphatic heterocycles. The van der Waals surface area contributed by atoms with E-state index in [1.54, 1.807) is 0 Å². The molecule has 1 heterocycles. The molecule has 0 aromatic heterocycles. The second kappa shape index (κ2) is 3.70. The molecule has 0 unspecified atom stereocenters. The van der Waals surface area contributed by atoms with Crippen LogP contribution in [0.3, 0.4) is 0 Å². The summed E-state index contributed by atoms with van der Waals surface area (Å²) in [6.07, 6.45) is 0.533. The number of hydrogen-bond donors (Lipinski definition) is 0. The predicted molar refractivity (Wildman–Crippen MR) is 54.6 cm³/mol. The first-order chi connectivity index (χ1) is 6.75. The Morgan fingerprint density at radius 3 is 2.14 bits per heavy atom. The second-order valence-electron chi connectivity index (χ2n) is 3.36. The summed E-state index contributed by atoms with van der Waals surface area (Å²) < 4.78 is 10.8. The van der Waals surface area contributed by atoms with E-state index in [2.05, 4.69) is 4.99 Å². The normalized spacial score (nSPS) is 25.4. The van der Waals surface area contributed by atoms with Gasteiger partial charge >= 0.3 is 6.08 Å². The van der Waals surface area contributed by atoms with Crippen molar-refractivity contribution in [3.63, 3.8) is 0 Å². The van der Waals surface area contributed by atoms with Crippen molar-refractivity contribution in [2.75, 3.05) is 0 Å². The Morgan fingerprint density at radius 2 is 1.57 bits per heavy atom. The third-order valence-corrected chi connectivity index (χ3v) is 2.21. The van der Waals surface area contributed by atoms with Crippen LogP contribution in [0.1, 0.15) is 13.8 Å². The van der Waals surface area contributed by atoms with E-state index in [9.17, 15) is 0 Å². The van der Waals surface area contributed by atoms with E-state index in [1.807, 2.05) is 44.2 Å². The maximum Gasteiger partial charge on any atom is 0.389 e. The maximum absolute atomic E-state index is 5.41. The second-order valence-corrected chi connectivity index (χ2v) is 3.36. The number of aliphatic imine (C=N–C) groups is 1. The highest BCUT2D eigenvalue weighted by Crippen LogP contribution is 2.18. The number of para-hydroxylation sites is 1. The summed E-state index contributed by atoms with van der Waals surface area (Å²) in [6, 6.07) is 9.63. The van der Waals surface area contributed by atoms with Crippen LogP contribution in [-0.2, 0) is 9.47 Å². The molecule has 2 rings (SSSR count). The maximum atomic E-state index is 5.41. The van der Waals surface area contributed by atoms with Gasteiger partial charge in [0.1, 0.15) is 12.2 Å². The minimum Gasteiger partial charge on any atom is -0.444 e. The molecule has 0 saturated carbocycles.